The van der Waals surface area contributed by atoms with Gasteiger partial charge in [0.15, 0.2) is 5.82 Å². The normalized spacial score (nSPS) is 10.8. The van der Waals surface area contributed by atoms with Crippen molar-refractivity contribution in [3.63, 3.8) is 0 Å². The maximum absolute atomic E-state index is 12.3. The Bertz CT molecular complexity index is 1110. The van der Waals surface area contributed by atoms with E-state index in [1.807, 2.05) is 66.7 Å². The molecule has 0 saturated heterocycles. The molecule has 0 spiro atoms. The van der Waals surface area contributed by atoms with Crippen LogP contribution in [0.25, 0.3) is 22.2 Å². The van der Waals surface area contributed by atoms with Crippen LogP contribution in [-0.4, -0.2) is 34.0 Å². The number of fused-ring (bicyclic) bond motifs is 1. The number of carbonyl (C=O) groups is 1. The molecule has 4 rings (SSSR count). The number of benzene rings is 3. The van der Waals surface area contributed by atoms with Crippen molar-refractivity contribution in [3.05, 3.63) is 66.7 Å². The summed E-state index contributed by atoms with van der Waals surface area (Å²) in [6.07, 6.45) is 0. The average Bonchev–Trinajstić information content (AvgIpc) is 3.21. The first-order valence-corrected chi connectivity index (χ1v) is 9.68. The van der Waals surface area contributed by atoms with E-state index in [0.29, 0.717) is 11.0 Å². The second-order valence-electron chi connectivity index (χ2n) is 6.09. The second-order valence-corrected chi connectivity index (χ2v) is 7.04. The van der Waals surface area contributed by atoms with Crippen molar-refractivity contribution in [2.45, 2.75) is 5.16 Å². The van der Waals surface area contributed by atoms with Gasteiger partial charge in [-0.3, -0.25) is 9.89 Å². The molecule has 0 aliphatic carbocycles. The number of nitrogens with zero attached hydrogens (tertiary/aromatic N) is 2. The predicted molar refractivity (Wildman–Crippen MR) is 112 cm³/mol. The second kappa shape index (κ2) is 8.14. The van der Waals surface area contributed by atoms with E-state index in [4.69, 9.17) is 4.74 Å². The number of carbonyl (C=O) groups excluding carboxylic acids is 1. The molecular weight excluding hydrogens is 372 g/mol. The lowest BCUT2D eigenvalue weighted by Crippen LogP contribution is -2.14. The Morgan fingerprint density at radius 3 is 2.64 bits per heavy atom. The third kappa shape index (κ3) is 4.15. The smallest absolute Gasteiger partial charge is 0.234 e. The number of rotatable bonds is 6. The van der Waals surface area contributed by atoms with Crippen molar-refractivity contribution < 1.29 is 9.53 Å². The van der Waals surface area contributed by atoms with Gasteiger partial charge < -0.3 is 10.1 Å². The lowest BCUT2D eigenvalue weighted by molar-refractivity contribution is -0.113. The van der Waals surface area contributed by atoms with Crippen LogP contribution in [0.15, 0.2) is 71.9 Å². The van der Waals surface area contributed by atoms with E-state index in [1.165, 1.54) is 11.8 Å². The highest BCUT2D eigenvalue weighted by molar-refractivity contribution is 7.99. The topological polar surface area (TPSA) is 79.9 Å². The fraction of sp³-hybridized carbons (Fsp3) is 0.0952. The van der Waals surface area contributed by atoms with Gasteiger partial charge in [0.2, 0.25) is 11.1 Å². The number of anilines is 1. The number of nitrogens with one attached hydrogen (secondary N) is 2. The lowest BCUT2D eigenvalue weighted by atomic mass is 10.1. The molecule has 3 aromatic carbocycles. The molecule has 0 unspecified atom stereocenters. The molecule has 1 heterocycles. The fourth-order valence-corrected chi connectivity index (χ4v) is 3.38. The van der Waals surface area contributed by atoms with E-state index in [2.05, 4.69) is 20.5 Å². The molecule has 0 atom stereocenters. The first-order chi connectivity index (χ1) is 13.7. The first kappa shape index (κ1) is 18.1. The number of hydrogen-bond acceptors (Lipinski definition) is 5. The standard InChI is InChI=1S/C21H18N4O2S/c1-27-18-10-7-15(8-11-18)20-23-21(25-24-20)28-13-19(26)22-17-9-6-14-4-2-3-5-16(14)12-17/h2-12H,13H2,1H3,(H,22,26)(H,23,24,25). The number of aromatic nitrogens is 3. The van der Waals surface area contributed by atoms with Crippen molar-refractivity contribution in [3.8, 4) is 17.1 Å². The van der Waals surface area contributed by atoms with Crippen LogP contribution >= 0.6 is 11.8 Å². The third-order valence-electron chi connectivity index (χ3n) is 4.19. The van der Waals surface area contributed by atoms with Crippen LogP contribution in [-0.2, 0) is 4.79 Å². The highest BCUT2D eigenvalue weighted by Crippen LogP contribution is 2.22. The summed E-state index contributed by atoms with van der Waals surface area (Å²) in [7, 11) is 1.63. The molecule has 0 bridgehead atoms. The van der Waals surface area contributed by atoms with Crippen molar-refractivity contribution in [2.75, 3.05) is 18.2 Å². The minimum atomic E-state index is -0.101. The zero-order valence-corrected chi connectivity index (χ0v) is 16.0. The summed E-state index contributed by atoms with van der Waals surface area (Å²) in [5.41, 5.74) is 1.68. The average molecular weight is 390 g/mol. The van der Waals surface area contributed by atoms with Crippen molar-refractivity contribution >= 4 is 34.1 Å². The van der Waals surface area contributed by atoms with E-state index in [0.717, 1.165) is 27.8 Å². The minimum Gasteiger partial charge on any atom is -0.497 e. The van der Waals surface area contributed by atoms with Crippen LogP contribution < -0.4 is 10.1 Å². The van der Waals surface area contributed by atoms with Crippen molar-refractivity contribution in [1.29, 1.82) is 0 Å². The SMILES string of the molecule is COc1ccc(-c2nc(SCC(=O)Nc3ccc4ccccc4c3)n[nH]2)cc1. The summed E-state index contributed by atoms with van der Waals surface area (Å²) in [5, 5.41) is 12.7. The lowest BCUT2D eigenvalue weighted by Gasteiger charge is -2.05. The van der Waals surface area contributed by atoms with Crippen LogP contribution in [0.2, 0.25) is 0 Å². The molecule has 0 aliphatic heterocycles. The Morgan fingerprint density at radius 1 is 1.07 bits per heavy atom. The Labute approximate surface area is 166 Å². The number of H-pyrrole nitrogens is 1. The van der Waals surface area contributed by atoms with Crippen LogP contribution in [0.1, 0.15) is 0 Å². The Hall–Kier alpha value is -3.32. The summed E-state index contributed by atoms with van der Waals surface area (Å²) in [6.45, 7) is 0. The molecule has 7 heteroatoms. The first-order valence-electron chi connectivity index (χ1n) is 8.69. The molecular formula is C21H18N4O2S. The number of thioether (sulfide) groups is 1. The van der Waals surface area contributed by atoms with Gasteiger partial charge in [-0.05, 0) is 47.2 Å². The van der Waals surface area contributed by atoms with Crippen LogP contribution in [0.3, 0.4) is 0 Å². The molecule has 0 aliphatic rings. The molecule has 6 nitrogen and oxygen atoms in total. The molecule has 0 saturated carbocycles. The van der Waals surface area contributed by atoms with Crippen molar-refractivity contribution in [1.82, 2.24) is 15.2 Å². The molecule has 1 amide bonds. The van der Waals surface area contributed by atoms with Gasteiger partial charge in [0.25, 0.3) is 0 Å². The maximum Gasteiger partial charge on any atom is 0.234 e. The molecule has 2 N–H and O–H groups in total. The molecule has 28 heavy (non-hydrogen) atoms. The van der Waals surface area contributed by atoms with E-state index in [9.17, 15) is 4.79 Å². The monoisotopic (exact) mass is 390 g/mol. The molecule has 0 radical (unpaired) electrons. The number of methoxy groups -OCH3 is 1. The van der Waals surface area contributed by atoms with Gasteiger partial charge in [0.1, 0.15) is 5.75 Å². The predicted octanol–water partition coefficient (Wildman–Crippen LogP) is 4.36. The van der Waals surface area contributed by atoms with Gasteiger partial charge >= 0.3 is 0 Å². The van der Waals surface area contributed by atoms with Gasteiger partial charge in [-0.25, -0.2) is 4.98 Å². The highest BCUT2D eigenvalue weighted by atomic mass is 32.2. The summed E-state index contributed by atoms with van der Waals surface area (Å²) in [4.78, 5) is 16.7. The van der Waals surface area contributed by atoms with Crippen LogP contribution in [0, 0.1) is 0 Å². The van der Waals surface area contributed by atoms with Gasteiger partial charge in [-0.1, -0.05) is 42.1 Å². The number of hydrogen-bond donors (Lipinski definition) is 2. The van der Waals surface area contributed by atoms with E-state index >= 15 is 0 Å². The van der Waals surface area contributed by atoms with Crippen LogP contribution in [0.5, 0.6) is 5.75 Å². The van der Waals surface area contributed by atoms with Gasteiger partial charge in [0, 0.05) is 11.3 Å². The Kier molecular flexibility index (Phi) is 5.25. The molecule has 140 valence electrons. The summed E-state index contributed by atoms with van der Waals surface area (Å²) >= 11 is 1.28. The molecule has 0 fully saturated rings. The number of amides is 1. The quantitative estimate of drug-likeness (QED) is 0.478. The van der Waals surface area contributed by atoms with Crippen molar-refractivity contribution in [2.24, 2.45) is 0 Å². The zero-order chi connectivity index (χ0) is 19.3. The van der Waals surface area contributed by atoms with Crippen LogP contribution in [0.4, 0.5) is 5.69 Å². The number of ether oxygens (including phenoxy) is 1. The van der Waals surface area contributed by atoms with E-state index in [1.54, 1.807) is 7.11 Å². The summed E-state index contributed by atoms with van der Waals surface area (Å²) < 4.78 is 5.15. The maximum atomic E-state index is 12.3. The van der Waals surface area contributed by atoms with Gasteiger partial charge in [-0.2, -0.15) is 0 Å². The summed E-state index contributed by atoms with van der Waals surface area (Å²) in [5.74, 6) is 1.56. The molecule has 4 aromatic rings. The van der Waals surface area contributed by atoms with E-state index in [-0.39, 0.29) is 11.7 Å². The Morgan fingerprint density at radius 2 is 1.86 bits per heavy atom. The van der Waals surface area contributed by atoms with Gasteiger partial charge in [0.05, 0.1) is 12.9 Å². The molecule has 1 aromatic heterocycles. The zero-order valence-electron chi connectivity index (χ0n) is 15.2. The Balaban J connectivity index is 1.36. The minimum absolute atomic E-state index is 0.101. The summed E-state index contributed by atoms with van der Waals surface area (Å²) in [6, 6.07) is 21.4. The fourth-order valence-electron chi connectivity index (χ4n) is 2.78. The highest BCUT2D eigenvalue weighted by Gasteiger charge is 2.10. The number of aromatic amines is 1. The largest absolute Gasteiger partial charge is 0.497 e. The van der Waals surface area contributed by atoms with Gasteiger partial charge in [-0.15, -0.1) is 5.10 Å². The third-order valence-corrected chi connectivity index (χ3v) is 5.04. The van der Waals surface area contributed by atoms with E-state index < -0.39 is 0 Å².